The first-order valence-corrected chi connectivity index (χ1v) is 9.96. The number of fused-ring (bicyclic) bond motifs is 2. The van der Waals surface area contributed by atoms with E-state index in [4.69, 9.17) is 4.98 Å². The van der Waals surface area contributed by atoms with Crippen LogP contribution in [0.3, 0.4) is 0 Å². The van der Waals surface area contributed by atoms with Crippen molar-refractivity contribution in [1.29, 1.82) is 0 Å². The van der Waals surface area contributed by atoms with Crippen molar-refractivity contribution >= 4 is 5.91 Å². The van der Waals surface area contributed by atoms with Crippen molar-refractivity contribution < 1.29 is 4.79 Å². The lowest BCUT2D eigenvalue weighted by Gasteiger charge is -2.21. The molecule has 4 heterocycles. The number of rotatable bonds is 3. The van der Waals surface area contributed by atoms with Crippen molar-refractivity contribution in [2.45, 2.75) is 45.2 Å². The second-order valence-corrected chi connectivity index (χ2v) is 7.42. The Labute approximate surface area is 163 Å². The molecule has 2 aliphatic rings. The van der Waals surface area contributed by atoms with Gasteiger partial charge in [0.2, 0.25) is 5.82 Å². The minimum absolute atomic E-state index is 0.0316. The van der Waals surface area contributed by atoms with Gasteiger partial charge in [0.25, 0.3) is 5.91 Å². The number of amides is 1. The van der Waals surface area contributed by atoms with Crippen LogP contribution in [0.5, 0.6) is 0 Å². The highest BCUT2D eigenvalue weighted by Gasteiger charge is 2.27. The molecule has 2 aliphatic heterocycles. The van der Waals surface area contributed by atoms with Crippen molar-refractivity contribution in [3.63, 3.8) is 0 Å². The molecule has 0 N–H and O–H groups in total. The predicted molar refractivity (Wildman–Crippen MR) is 102 cm³/mol. The van der Waals surface area contributed by atoms with E-state index in [9.17, 15) is 4.79 Å². The summed E-state index contributed by atoms with van der Waals surface area (Å²) in [5, 5.41) is 13.1. The third kappa shape index (κ3) is 3.19. The summed E-state index contributed by atoms with van der Waals surface area (Å²) in [4.78, 5) is 19.6. The quantitative estimate of drug-likeness (QED) is 0.691. The number of aryl methyl sites for hydroxylation is 1. The summed E-state index contributed by atoms with van der Waals surface area (Å²) >= 11 is 0. The number of hydrogen-bond donors (Lipinski definition) is 0. The first-order valence-electron chi connectivity index (χ1n) is 9.96. The van der Waals surface area contributed by atoms with E-state index in [1.54, 1.807) is 0 Å². The molecule has 8 heteroatoms. The molecule has 0 saturated heterocycles. The van der Waals surface area contributed by atoms with E-state index in [0.29, 0.717) is 31.9 Å². The molecule has 8 nitrogen and oxygen atoms in total. The van der Waals surface area contributed by atoms with E-state index < -0.39 is 0 Å². The molecule has 28 heavy (non-hydrogen) atoms. The highest BCUT2D eigenvalue weighted by atomic mass is 16.2. The van der Waals surface area contributed by atoms with Crippen LogP contribution >= 0.6 is 0 Å². The topological polar surface area (TPSA) is 81.7 Å². The van der Waals surface area contributed by atoms with Crippen molar-refractivity contribution in [1.82, 2.24) is 34.4 Å². The van der Waals surface area contributed by atoms with E-state index in [0.717, 1.165) is 49.7 Å². The highest BCUT2D eigenvalue weighted by Crippen LogP contribution is 2.17. The number of carbonyl (C=O) groups is 1. The number of benzene rings is 1. The van der Waals surface area contributed by atoms with Crippen LogP contribution in [0.4, 0.5) is 0 Å². The van der Waals surface area contributed by atoms with Gasteiger partial charge in [0.05, 0.1) is 6.54 Å². The van der Waals surface area contributed by atoms with Crippen molar-refractivity contribution in [2.75, 3.05) is 13.1 Å². The van der Waals surface area contributed by atoms with Crippen LogP contribution in [-0.4, -0.2) is 53.4 Å². The lowest BCUT2D eigenvalue weighted by atomic mass is 10.1. The zero-order valence-corrected chi connectivity index (χ0v) is 15.8. The van der Waals surface area contributed by atoms with Crippen LogP contribution in [0, 0.1) is 0 Å². The first kappa shape index (κ1) is 17.1. The minimum Gasteiger partial charge on any atom is -0.334 e. The van der Waals surface area contributed by atoms with Crippen molar-refractivity contribution in [2.24, 2.45) is 0 Å². The molecule has 1 aromatic carbocycles. The summed E-state index contributed by atoms with van der Waals surface area (Å²) in [6.07, 6.45) is 4.54. The second kappa shape index (κ2) is 7.18. The van der Waals surface area contributed by atoms with Gasteiger partial charge in [-0.05, 0) is 18.4 Å². The lowest BCUT2D eigenvalue weighted by Crippen LogP contribution is -2.36. The van der Waals surface area contributed by atoms with Gasteiger partial charge in [-0.1, -0.05) is 30.3 Å². The standard InChI is InChI=1S/C20H23N7O/c28-20(19-23-22-18-8-4-5-10-26(18)19)25-11-9-17-21-16(24-27(17)13-12-25)14-15-6-2-1-3-7-15/h1-3,6-7H,4-5,8-14H2. The summed E-state index contributed by atoms with van der Waals surface area (Å²) in [6.45, 7) is 2.74. The van der Waals surface area contributed by atoms with Gasteiger partial charge in [-0.2, -0.15) is 5.10 Å². The third-order valence-corrected chi connectivity index (χ3v) is 5.52. The molecule has 2 aromatic heterocycles. The van der Waals surface area contributed by atoms with Gasteiger partial charge in [-0.15, -0.1) is 10.2 Å². The molecule has 0 fully saturated rings. The summed E-state index contributed by atoms with van der Waals surface area (Å²) < 4.78 is 3.94. The van der Waals surface area contributed by atoms with E-state index in [2.05, 4.69) is 27.4 Å². The molecule has 0 saturated carbocycles. The van der Waals surface area contributed by atoms with Crippen LogP contribution < -0.4 is 0 Å². The number of hydrogen-bond acceptors (Lipinski definition) is 5. The van der Waals surface area contributed by atoms with Gasteiger partial charge in [0.15, 0.2) is 5.82 Å². The van der Waals surface area contributed by atoms with Gasteiger partial charge < -0.3 is 9.47 Å². The van der Waals surface area contributed by atoms with E-state index in [-0.39, 0.29) is 5.91 Å². The Hall–Kier alpha value is -3.03. The van der Waals surface area contributed by atoms with Crippen LogP contribution in [0.15, 0.2) is 30.3 Å². The fourth-order valence-corrected chi connectivity index (χ4v) is 4.02. The SMILES string of the molecule is O=C(c1nnc2n1CCCC2)N1CCc2nc(Cc3ccccc3)nn2CC1. The zero-order valence-electron chi connectivity index (χ0n) is 15.8. The fraction of sp³-hybridized carbons (Fsp3) is 0.450. The van der Waals surface area contributed by atoms with E-state index in [1.165, 1.54) is 5.56 Å². The maximum absolute atomic E-state index is 13.0. The number of aromatic nitrogens is 6. The highest BCUT2D eigenvalue weighted by molar-refractivity contribution is 5.90. The molecule has 0 aliphatic carbocycles. The molecule has 0 radical (unpaired) electrons. The van der Waals surface area contributed by atoms with Gasteiger partial charge in [0.1, 0.15) is 11.6 Å². The van der Waals surface area contributed by atoms with Gasteiger partial charge in [0, 0.05) is 38.9 Å². The molecule has 144 valence electrons. The Morgan fingerprint density at radius 3 is 2.71 bits per heavy atom. The predicted octanol–water partition coefficient (Wildman–Crippen LogP) is 1.50. The molecule has 0 spiro atoms. The van der Waals surface area contributed by atoms with Gasteiger partial charge in [-0.3, -0.25) is 4.79 Å². The van der Waals surface area contributed by atoms with Crippen LogP contribution in [-0.2, 0) is 32.4 Å². The van der Waals surface area contributed by atoms with Gasteiger partial charge >= 0.3 is 0 Å². The summed E-state index contributed by atoms with van der Waals surface area (Å²) in [7, 11) is 0. The van der Waals surface area contributed by atoms with Crippen LogP contribution in [0.25, 0.3) is 0 Å². The summed E-state index contributed by atoms with van der Waals surface area (Å²) in [5.41, 5.74) is 1.21. The summed E-state index contributed by atoms with van der Waals surface area (Å²) in [5.74, 6) is 3.17. The van der Waals surface area contributed by atoms with Crippen molar-refractivity contribution in [3.8, 4) is 0 Å². The lowest BCUT2D eigenvalue weighted by molar-refractivity contribution is 0.0739. The molecular weight excluding hydrogens is 354 g/mol. The fourth-order valence-electron chi connectivity index (χ4n) is 4.02. The third-order valence-electron chi connectivity index (χ3n) is 5.52. The summed E-state index contributed by atoms with van der Waals surface area (Å²) in [6, 6.07) is 10.3. The van der Waals surface area contributed by atoms with E-state index in [1.807, 2.05) is 32.3 Å². The Morgan fingerprint density at radius 1 is 0.929 bits per heavy atom. The Balaban J connectivity index is 1.29. The Morgan fingerprint density at radius 2 is 1.82 bits per heavy atom. The normalized spacial score (nSPS) is 16.4. The first-order chi connectivity index (χ1) is 13.8. The van der Waals surface area contributed by atoms with Gasteiger partial charge in [-0.25, -0.2) is 9.67 Å². The molecule has 5 rings (SSSR count). The molecule has 0 unspecified atom stereocenters. The number of nitrogens with zero attached hydrogens (tertiary/aromatic N) is 7. The van der Waals surface area contributed by atoms with Crippen molar-refractivity contribution in [3.05, 3.63) is 59.2 Å². The maximum atomic E-state index is 13.0. The van der Waals surface area contributed by atoms with E-state index >= 15 is 0 Å². The molecular formula is C20H23N7O. The average Bonchev–Trinajstić information content (AvgIpc) is 3.27. The Bertz CT molecular complexity index is 966. The minimum atomic E-state index is -0.0316. The largest absolute Gasteiger partial charge is 0.334 e. The van der Waals surface area contributed by atoms with Crippen LogP contribution in [0.2, 0.25) is 0 Å². The zero-order chi connectivity index (χ0) is 18.9. The maximum Gasteiger partial charge on any atom is 0.291 e. The second-order valence-electron chi connectivity index (χ2n) is 7.42. The van der Waals surface area contributed by atoms with Crippen LogP contribution in [0.1, 0.15) is 46.5 Å². The molecule has 3 aromatic rings. The molecule has 1 amide bonds. The Kier molecular flexibility index (Phi) is 4.38. The molecule has 0 atom stereocenters. The monoisotopic (exact) mass is 377 g/mol. The number of carbonyl (C=O) groups excluding carboxylic acids is 1. The smallest absolute Gasteiger partial charge is 0.291 e. The molecule has 0 bridgehead atoms. The average molecular weight is 377 g/mol.